The van der Waals surface area contributed by atoms with Crippen molar-refractivity contribution in [3.05, 3.63) is 34.7 Å². The highest BCUT2D eigenvalue weighted by atomic mass is 32.1. The van der Waals surface area contributed by atoms with Crippen molar-refractivity contribution in [1.82, 2.24) is 4.90 Å². The van der Waals surface area contributed by atoms with E-state index in [1.807, 2.05) is 19.1 Å². The van der Waals surface area contributed by atoms with Gasteiger partial charge in [0, 0.05) is 21.9 Å². The van der Waals surface area contributed by atoms with E-state index in [9.17, 15) is 9.90 Å². The number of carbonyl (C=O) groups excluding carboxylic acids is 1. The molecule has 2 aliphatic heterocycles. The third kappa shape index (κ3) is 3.42. The first-order valence-electron chi connectivity index (χ1n) is 8.65. The Morgan fingerprint density at radius 3 is 2.88 bits per heavy atom. The predicted molar refractivity (Wildman–Crippen MR) is 97.6 cm³/mol. The van der Waals surface area contributed by atoms with Crippen molar-refractivity contribution < 1.29 is 24.1 Å². The Morgan fingerprint density at radius 2 is 2.15 bits per heavy atom. The van der Waals surface area contributed by atoms with E-state index in [-0.39, 0.29) is 18.3 Å². The smallest absolute Gasteiger partial charge is 0.254 e. The first-order chi connectivity index (χ1) is 12.6. The van der Waals surface area contributed by atoms with Gasteiger partial charge in [0.05, 0.1) is 26.4 Å². The molecule has 1 aromatic carbocycles. The van der Waals surface area contributed by atoms with Crippen LogP contribution in [0.5, 0.6) is 11.5 Å². The van der Waals surface area contributed by atoms with Crippen LogP contribution < -0.4 is 4.74 Å². The van der Waals surface area contributed by atoms with E-state index in [1.54, 1.807) is 22.3 Å². The van der Waals surface area contributed by atoms with Crippen LogP contribution in [0.1, 0.15) is 10.4 Å². The molecule has 1 atom stereocenters. The van der Waals surface area contributed by atoms with Crippen molar-refractivity contribution >= 4 is 17.2 Å². The van der Waals surface area contributed by atoms with Gasteiger partial charge in [-0.25, -0.2) is 0 Å². The lowest BCUT2D eigenvalue weighted by Gasteiger charge is -2.28. The summed E-state index contributed by atoms with van der Waals surface area (Å²) in [6.45, 7) is 4.43. The van der Waals surface area contributed by atoms with Gasteiger partial charge in [-0.05, 0) is 36.8 Å². The van der Waals surface area contributed by atoms with Gasteiger partial charge >= 0.3 is 0 Å². The third-order valence-electron chi connectivity index (χ3n) is 4.54. The zero-order valence-corrected chi connectivity index (χ0v) is 15.4. The Hall–Kier alpha value is -2.09. The molecule has 1 amide bonds. The molecule has 0 bridgehead atoms. The molecule has 7 heteroatoms. The number of thiophene rings is 1. The molecule has 1 saturated heterocycles. The highest BCUT2D eigenvalue weighted by Crippen LogP contribution is 2.39. The number of hydrogen-bond donors (Lipinski definition) is 1. The number of carbonyl (C=O) groups is 1. The number of aryl methyl sites for hydroxylation is 1. The number of hydrogen-bond acceptors (Lipinski definition) is 6. The summed E-state index contributed by atoms with van der Waals surface area (Å²) in [6.07, 6.45) is -0.568. The molecule has 0 aliphatic carbocycles. The van der Waals surface area contributed by atoms with Gasteiger partial charge in [-0.15, -0.1) is 11.3 Å². The number of benzene rings is 1. The summed E-state index contributed by atoms with van der Waals surface area (Å²) in [5, 5.41) is 10.4. The lowest BCUT2D eigenvalue weighted by molar-refractivity contribution is -0.158. The van der Waals surface area contributed by atoms with Gasteiger partial charge in [0.25, 0.3) is 5.91 Å². The van der Waals surface area contributed by atoms with Gasteiger partial charge in [-0.3, -0.25) is 4.79 Å². The molecule has 1 aromatic heterocycles. The number of phenolic OH excluding ortho intramolecular Hbond substituents is 1. The van der Waals surface area contributed by atoms with E-state index in [0.29, 0.717) is 38.7 Å². The monoisotopic (exact) mass is 375 g/mol. The SMILES string of the molecule is Cc1ccc(-c2cc(O)c3c(c2)CN(C(=O)[C@H]2COCCO2)CCO3)s1. The zero-order chi connectivity index (χ0) is 18.1. The summed E-state index contributed by atoms with van der Waals surface area (Å²) in [4.78, 5) is 16.8. The van der Waals surface area contributed by atoms with Gasteiger partial charge in [0.15, 0.2) is 17.6 Å². The van der Waals surface area contributed by atoms with Crippen molar-refractivity contribution in [1.29, 1.82) is 0 Å². The highest BCUT2D eigenvalue weighted by Gasteiger charge is 2.30. The molecule has 2 aromatic rings. The van der Waals surface area contributed by atoms with Crippen LogP contribution in [0.25, 0.3) is 10.4 Å². The summed E-state index contributed by atoms with van der Waals surface area (Å²) < 4.78 is 16.6. The topological polar surface area (TPSA) is 68.2 Å². The lowest BCUT2D eigenvalue weighted by Crippen LogP contribution is -2.45. The van der Waals surface area contributed by atoms with Crippen molar-refractivity contribution in [3.8, 4) is 21.9 Å². The second-order valence-corrected chi connectivity index (χ2v) is 7.72. The van der Waals surface area contributed by atoms with E-state index in [1.165, 1.54) is 4.88 Å². The molecular formula is C19H21NO5S. The van der Waals surface area contributed by atoms with Crippen LogP contribution in [0, 0.1) is 6.92 Å². The van der Waals surface area contributed by atoms with Crippen molar-refractivity contribution in [2.75, 3.05) is 33.0 Å². The normalized spacial score (nSPS) is 20.2. The van der Waals surface area contributed by atoms with Crippen LogP contribution in [-0.4, -0.2) is 55.0 Å². The number of amides is 1. The Labute approximate surface area is 155 Å². The Kier molecular flexibility index (Phi) is 4.84. The fourth-order valence-electron chi connectivity index (χ4n) is 3.25. The van der Waals surface area contributed by atoms with E-state index >= 15 is 0 Å². The Morgan fingerprint density at radius 1 is 1.27 bits per heavy atom. The van der Waals surface area contributed by atoms with Crippen LogP contribution in [0.2, 0.25) is 0 Å². The number of ether oxygens (including phenoxy) is 3. The van der Waals surface area contributed by atoms with Crippen LogP contribution in [0.15, 0.2) is 24.3 Å². The van der Waals surface area contributed by atoms with Crippen molar-refractivity contribution in [3.63, 3.8) is 0 Å². The maximum atomic E-state index is 12.8. The molecule has 0 radical (unpaired) electrons. The molecule has 3 heterocycles. The fourth-order valence-corrected chi connectivity index (χ4v) is 4.11. The Bertz CT molecular complexity index is 812. The molecule has 6 nitrogen and oxygen atoms in total. The van der Waals surface area contributed by atoms with Gasteiger partial charge in [-0.2, -0.15) is 0 Å². The number of phenols is 1. The Balaban J connectivity index is 1.62. The first kappa shape index (κ1) is 17.3. The van der Waals surface area contributed by atoms with E-state index in [2.05, 4.69) is 6.07 Å². The second-order valence-electron chi connectivity index (χ2n) is 6.44. The van der Waals surface area contributed by atoms with Crippen LogP contribution >= 0.6 is 11.3 Å². The number of nitrogens with zero attached hydrogens (tertiary/aromatic N) is 1. The average molecular weight is 375 g/mol. The lowest BCUT2D eigenvalue weighted by atomic mass is 10.1. The number of rotatable bonds is 2. The second kappa shape index (κ2) is 7.26. The van der Waals surface area contributed by atoms with Gasteiger partial charge in [0.2, 0.25) is 0 Å². The standard InChI is InChI=1S/C19H21NO5S/c1-12-2-3-17(26-12)13-8-14-10-20(4-5-25-18(14)15(21)9-13)19(22)16-11-23-6-7-24-16/h2-3,8-9,16,21H,4-7,10-11H2,1H3/t16-/m1/s1. The molecule has 4 rings (SSSR count). The maximum Gasteiger partial charge on any atom is 0.254 e. The highest BCUT2D eigenvalue weighted by molar-refractivity contribution is 7.15. The van der Waals surface area contributed by atoms with E-state index in [0.717, 1.165) is 16.0 Å². The average Bonchev–Trinajstić information content (AvgIpc) is 2.97. The molecule has 0 unspecified atom stereocenters. The molecule has 0 spiro atoms. The molecule has 26 heavy (non-hydrogen) atoms. The van der Waals surface area contributed by atoms with E-state index < -0.39 is 6.10 Å². The van der Waals surface area contributed by atoms with Crippen molar-refractivity contribution in [2.45, 2.75) is 19.6 Å². The summed E-state index contributed by atoms with van der Waals surface area (Å²) >= 11 is 1.67. The largest absolute Gasteiger partial charge is 0.504 e. The van der Waals surface area contributed by atoms with Crippen LogP contribution in [0.4, 0.5) is 0 Å². The minimum atomic E-state index is -0.568. The first-order valence-corrected chi connectivity index (χ1v) is 9.47. The zero-order valence-electron chi connectivity index (χ0n) is 14.6. The summed E-state index contributed by atoms with van der Waals surface area (Å²) in [5.41, 5.74) is 1.73. The molecule has 1 N–H and O–H groups in total. The maximum absolute atomic E-state index is 12.8. The molecule has 0 saturated carbocycles. The van der Waals surface area contributed by atoms with Gasteiger partial charge < -0.3 is 24.2 Å². The van der Waals surface area contributed by atoms with Crippen LogP contribution in [0.3, 0.4) is 0 Å². The molecule has 138 valence electrons. The number of fused-ring (bicyclic) bond motifs is 1. The molecule has 1 fully saturated rings. The third-order valence-corrected chi connectivity index (χ3v) is 5.59. The predicted octanol–water partition coefficient (Wildman–Crippen LogP) is 2.57. The molecular weight excluding hydrogens is 354 g/mol. The van der Waals surface area contributed by atoms with Crippen LogP contribution in [-0.2, 0) is 20.8 Å². The summed E-state index contributed by atoms with van der Waals surface area (Å²) in [7, 11) is 0. The fraction of sp³-hybridized carbons (Fsp3) is 0.421. The van der Waals surface area contributed by atoms with Crippen molar-refractivity contribution in [2.24, 2.45) is 0 Å². The summed E-state index contributed by atoms with van der Waals surface area (Å²) in [5.74, 6) is 0.464. The molecule has 2 aliphatic rings. The minimum absolute atomic E-state index is 0.0991. The quantitative estimate of drug-likeness (QED) is 0.874. The van der Waals surface area contributed by atoms with E-state index in [4.69, 9.17) is 14.2 Å². The summed E-state index contributed by atoms with van der Waals surface area (Å²) in [6, 6.07) is 7.80. The van der Waals surface area contributed by atoms with Gasteiger partial charge in [0.1, 0.15) is 6.61 Å². The number of aromatic hydroxyl groups is 1. The van der Waals surface area contributed by atoms with Gasteiger partial charge in [-0.1, -0.05) is 0 Å². The minimum Gasteiger partial charge on any atom is -0.504 e.